The van der Waals surface area contributed by atoms with Gasteiger partial charge in [0, 0.05) is 52.0 Å². The minimum atomic E-state index is -0.0956. The summed E-state index contributed by atoms with van der Waals surface area (Å²) in [5.74, 6) is -0.0956. The zero-order valence-corrected chi connectivity index (χ0v) is 15.7. The standard InChI is InChI=1S/C19H29N3O3/c1-14-5-6-17(15(2)13-14)18(23)20-9-10-22(19(24)21(3)4)16-7-11-25-12-8-16/h5-6,13,16H,7-12H2,1-4H3,(H,20,23). The number of urea groups is 1. The first kappa shape index (κ1) is 19.2. The molecule has 2 rings (SSSR count). The van der Waals surface area contributed by atoms with Crippen LogP contribution in [-0.2, 0) is 4.74 Å². The summed E-state index contributed by atoms with van der Waals surface area (Å²) in [6.45, 7) is 6.23. The maximum atomic E-state index is 12.5. The molecule has 0 unspecified atom stereocenters. The maximum absolute atomic E-state index is 12.5. The summed E-state index contributed by atoms with van der Waals surface area (Å²) in [5, 5.41) is 2.94. The van der Waals surface area contributed by atoms with Gasteiger partial charge in [-0.2, -0.15) is 0 Å². The fourth-order valence-corrected chi connectivity index (χ4v) is 3.14. The molecule has 0 aliphatic carbocycles. The fraction of sp³-hybridized carbons (Fsp3) is 0.579. The SMILES string of the molecule is Cc1ccc(C(=O)NCCN(C(=O)N(C)C)C2CCOCC2)c(C)c1. The largest absolute Gasteiger partial charge is 0.381 e. The molecule has 138 valence electrons. The zero-order valence-electron chi connectivity index (χ0n) is 15.7. The van der Waals surface area contributed by atoms with Crippen LogP contribution in [0.1, 0.15) is 34.3 Å². The van der Waals surface area contributed by atoms with E-state index in [0.717, 1.165) is 24.0 Å². The summed E-state index contributed by atoms with van der Waals surface area (Å²) in [4.78, 5) is 28.3. The van der Waals surface area contributed by atoms with Gasteiger partial charge in [-0.15, -0.1) is 0 Å². The Bertz CT molecular complexity index is 610. The summed E-state index contributed by atoms with van der Waals surface area (Å²) in [5.41, 5.74) is 2.78. The molecule has 1 fully saturated rings. The van der Waals surface area contributed by atoms with Crippen molar-refractivity contribution in [3.8, 4) is 0 Å². The number of nitrogens with one attached hydrogen (secondary N) is 1. The van der Waals surface area contributed by atoms with Gasteiger partial charge in [0.25, 0.3) is 5.91 Å². The molecule has 0 saturated carbocycles. The molecule has 1 N–H and O–H groups in total. The van der Waals surface area contributed by atoms with Gasteiger partial charge >= 0.3 is 6.03 Å². The molecular weight excluding hydrogens is 318 g/mol. The van der Waals surface area contributed by atoms with Gasteiger partial charge in [0.1, 0.15) is 0 Å². The first-order valence-electron chi connectivity index (χ1n) is 8.81. The minimum absolute atomic E-state index is 0.0207. The van der Waals surface area contributed by atoms with Crippen molar-refractivity contribution in [1.82, 2.24) is 15.1 Å². The van der Waals surface area contributed by atoms with Gasteiger partial charge in [-0.25, -0.2) is 4.79 Å². The summed E-state index contributed by atoms with van der Waals surface area (Å²) in [6.07, 6.45) is 1.68. The number of hydrogen-bond donors (Lipinski definition) is 1. The summed E-state index contributed by atoms with van der Waals surface area (Å²) in [7, 11) is 3.51. The maximum Gasteiger partial charge on any atom is 0.319 e. The molecule has 25 heavy (non-hydrogen) atoms. The lowest BCUT2D eigenvalue weighted by Crippen LogP contribution is -2.50. The Balaban J connectivity index is 1.95. The van der Waals surface area contributed by atoms with E-state index in [1.54, 1.807) is 19.0 Å². The molecule has 1 aliphatic heterocycles. The van der Waals surface area contributed by atoms with Crippen LogP contribution < -0.4 is 5.32 Å². The quantitative estimate of drug-likeness (QED) is 0.888. The summed E-state index contributed by atoms with van der Waals surface area (Å²) in [6, 6.07) is 5.93. The van der Waals surface area contributed by atoms with E-state index >= 15 is 0 Å². The van der Waals surface area contributed by atoms with Crippen molar-refractivity contribution in [2.45, 2.75) is 32.7 Å². The van der Waals surface area contributed by atoms with Crippen LogP contribution in [0.15, 0.2) is 18.2 Å². The van der Waals surface area contributed by atoms with Gasteiger partial charge in [0.05, 0.1) is 0 Å². The Labute approximate surface area is 150 Å². The van der Waals surface area contributed by atoms with Crippen LogP contribution in [0.5, 0.6) is 0 Å². The van der Waals surface area contributed by atoms with E-state index in [2.05, 4.69) is 5.32 Å². The molecule has 1 aliphatic rings. The minimum Gasteiger partial charge on any atom is -0.381 e. The number of hydrogen-bond acceptors (Lipinski definition) is 3. The molecule has 6 heteroatoms. The van der Waals surface area contributed by atoms with E-state index in [9.17, 15) is 9.59 Å². The monoisotopic (exact) mass is 347 g/mol. The lowest BCUT2D eigenvalue weighted by atomic mass is 10.1. The van der Waals surface area contributed by atoms with Gasteiger partial charge in [-0.1, -0.05) is 17.7 Å². The molecule has 0 atom stereocenters. The van der Waals surface area contributed by atoms with Crippen LogP contribution in [0.3, 0.4) is 0 Å². The molecule has 0 aromatic heterocycles. The molecule has 0 radical (unpaired) electrons. The van der Waals surface area contributed by atoms with E-state index < -0.39 is 0 Å². The highest BCUT2D eigenvalue weighted by molar-refractivity contribution is 5.95. The summed E-state index contributed by atoms with van der Waals surface area (Å²) < 4.78 is 5.39. The predicted octanol–water partition coefficient (Wildman–Crippen LogP) is 2.20. The van der Waals surface area contributed by atoms with Crippen LogP contribution in [0.4, 0.5) is 4.79 Å². The number of benzene rings is 1. The molecule has 1 saturated heterocycles. The second kappa shape index (κ2) is 8.85. The van der Waals surface area contributed by atoms with E-state index in [4.69, 9.17) is 4.74 Å². The van der Waals surface area contributed by atoms with E-state index in [1.807, 2.05) is 36.9 Å². The third-order valence-electron chi connectivity index (χ3n) is 4.52. The smallest absolute Gasteiger partial charge is 0.319 e. The van der Waals surface area contributed by atoms with Crippen LogP contribution in [0.25, 0.3) is 0 Å². The third kappa shape index (κ3) is 5.19. The molecule has 6 nitrogen and oxygen atoms in total. The second-order valence-corrected chi connectivity index (χ2v) is 6.79. The predicted molar refractivity (Wildman–Crippen MR) is 97.9 cm³/mol. The fourth-order valence-electron chi connectivity index (χ4n) is 3.14. The topological polar surface area (TPSA) is 61.9 Å². The van der Waals surface area contributed by atoms with Crippen LogP contribution in [0, 0.1) is 13.8 Å². The number of carbonyl (C=O) groups excluding carboxylic acids is 2. The second-order valence-electron chi connectivity index (χ2n) is 6.79. The number of nitrogens with zero attached hydrogens (tertiary/aromatic N) is 2. The van der Waals surface area contributed by atoms with Gasteiger partial charge in [-0.3, -0.25) is 4.79 Å². The molecule has 0 bridgehead atoms. The Morgan fingerprint density at radius 1 is 1.20 bits per heavy atom. The number of amides is 3. The Morgan fingerprint density at radius 2 is 1.88 bits per heavy atom. The van der Waals surface area contributed by atoms with E-state index in [-0.39, 0.29) is 18.0 Å². The van der Waals surface area contributed by atoms with Crippen molar-refractivity contribution in [3.05, 3.63) is 34.9 Å². The van der Waals surface area contributed by atoms with Crippen molar-refractivity contribution >= 4 is 11.9 Å². The van der Waals surface area contributed by atoms with Gasteiger partial charge in [-0.05, 0) is 38.3 Å². The first-order valence-corrected chi connectivity index (χ1v) is 8.81. The van der Waals surface area contributed by atoms with Crippen molar-refractivity contribution in [2.75, 3.05) is 40.4 Å². The normalized spacial score (nSPS) is 14.9. The van der Waals surface area contributed by atoms with Crippen molar-refractivity contribution in [3.63, 3.8) is 0 Å². The molecule has 1 heterocycles. The molecule has 1 aromatic rings. The highest BCUT2D eigenvalue weighted by Gasteiger charge is 2.26. The van der Waals surface area contributed by atoms with Crippen molar-refractivity contribution in [2.24, 2.45) is 0 Å². The number of ether oxygens (including phenoxy) is 1. The molecule has 1 aromatic carbocycles. The highest BCUT2D eigenvalue weighted by Crippen LogP contribution is 2.15. The zero-order chi connectivity index (χ0) is 18.4. The lowest BCUT2D eigenvalue weighted by Gasteiger charge is -2.36. The average Bonchev–Trinajstić information content (AvgIpc) is 2.58. The van der Waals surface area contributed by atoms with Gasteiger partial charge < -0.3 is 19.9 Å². The van der Waals surface area contributed by atoms with Gasteiger partial charge in [0.2, 0.25) is 0 Å². The van der Waals surface area contributed by atoms with Crippen LogP contribution in [0.2, 0.25) is 0 Å². The lowest BCUT2D eigenvalue weighted by molar-refractivity contribution is 0.0415. The van der Waals surface area contributed by atoms with E-state index in [0.29, 0.717) is 31.9 Å². The highest BCUT2D eigenvalue weighted by atomic mass is 16.5. The molecule has 3 amide bonds. The van der Waals surface area contributed by atoms with Crippen molar-refractivity contribution in [1.29, 1.82) is 0 Å². The average molecular weight is 347 g/mol. The Morgan fingerprint density at radius 3 is 2.48 bits per heavy atom. The summed E-state index contributed by atoms with van der Waals surface area (Å²) >= 11 is 0. The van der Waals surface area contributed by atoms with Crippen LogP contribution in [-0.4, -0.2) is 68.2 Å². The molecule has 0 spiro atoms. The number of aryl methyl sites for hydroxylation is 2. The number of rotatable bonds is 5. The van der Waals surface area contributed by atoms with Crippen LogP contribution >= 0.6 is 0 Å². The molecular formula is C19H29N3O3. The first-order chi connectivity index (χ1) is 11.9. The third-order valence-corrected chi connectivity index (χ3v) is 4.52. The Kier molecular flexibility index (Phi) is 6.82. The van der Waals surface area contributed by atoms with Crippen molar-refractivity contribution < 1.29 is 14.3 Å². The number of carbonyl (C=O) groups is 2. The Hall–Kier alpha value is -2.08. The van der Waals surface area contributed by atoms with Gasteiger partial charge in [0.15, 0.2) is 0 Å². The van der Waals surface area contributed by atoms with E-state index in [1.165, 1.54) is 0 Å².